The molecule has 5 rings (SSSR count). The van der Waals surface area contributed by atoms with Gasteiger partial charge in [0.1, 0.15) is 11.9 Å². The lowest BCUT2D eigenvalue weighted by Crippen LogP contribution is -2.49. The minimum Gasteiger partial charge on any atom is -0.461 e. The third kappa shape index (κ3) is 7.94. The number of fused-ring (bicyclic) bond motifs is 1. The first-order chi connectivity index (χ1) is 21.3. The highest BCUT2D eigenvalue weighted by Crippen LogP contribution is 2.49. The van der Waals surface area contributed by atoms with Gasteiger partial charge >= 0.3 is 5.97 Å². The Morgan fingerprint density at radius 2 is 1.73 bits per heavy atom. The van der Waals surface area contributed by atoms with Crippen molar-refractivity contribution in [3.63, 3.8) is 0 Å². The highest BCUT2D eigenvalue weighted by molar-refractivity contribution is 6.01. The number of carbonyl (C=O) groups excluding carboxylic acids is 2. The largest absolute Gasteiger partial charge is 0.461 e. The summed E-state index contributed by atoms with van der Waals surface area (Å²) in [6.45, 7) is 15.4. The Labute approximate surface area is 272 Å². The van der Waals surface area contributed by atoms with Crippen LogP contribution in [0.15, 0.2) is 28.8 Å². The molecule has 0 radical (unpaired) electrons. The average molecular weight is 625 g/mol. The molecule has 0 spiro atoms. The van der Waals surface area contributed by atoms with E-state index in [1.54, 1.807) is 0 Å². The fourth-order valence-electron chi connectivity index (χ4n) is 8.08. The van der Waals surface area contributed by atoms with Crippen LogP contribution in [0.25, 0.3) is 0 Å². The maximum absolute atomic E-state index is 13.9. The van der Waals surface area contributed by atoms with Gasteiger partial charge < -0.3 is 14.9 Å². The lowest BCUT2D eigenvalue weighted by atomic mass is 9.65. The number of aliphatic hydroxyl groups is 2. The molecule has 2 unspecified atom stereocenters. The molecule has 0 saturated heterocycles. The number of allylic oxidation sites excluding steroid dienone is 3. The van der Waals surface area contributed by atoms with Crippen molar-refractivity contribution >= 4 is 17.7 Å². The number of nitrogens with zero attached hydrogens (tertiary/aromatic N) is 2. The lowest BCUT2D eigenvalue weighted by molar-refractivity contribution is -0.164. The van der Waals surface area contributed by atoms with E-state index in [0.29, 0.717) is 30.1 Å². The molecule has 252 valence electrons. The number of esters is 1. The van der Waals surface area contributed by atoms with E-state index < -0.39 is 17.6 Å². The number of amides is 1. The molecule has 1 aliphatic heterocycles. The van der Waals surface area contributed by atoms with Gasteiger partial charge in [-0.3, -0.25) is 19.5 Å². The van der Waals surface area contributed by atoms with Crippen molar-refractivity contribution in [3.8, 4) is 0 Å². The van der Waals surface area contributed by atoms with Gasteiger partial charge in [0.2, 0.25) is 5.91 Å². The van der Waals surface area contributed by atoms with Crippen LogP contribution in [0.1, 0.15) is 113 Å². The quantitative estimate of drug-likeness (QED) is 0.222. The molecule has 7 heteroatoms. The van der Waals surface area contributed by atoms with E-state index in [0.717, 1.165) is 31.6 Å². The standard InChI is InChI=1S/C38H60N2O5/c1-8-38(6,7)37(44)45-32-18-22(2)17-28-10-9-23(3)31(34(28)32)16-15-29(41)19-30(42)20-33(43)40(36-25(5)24(4)21-39-36)35(26-11-12-26)27-13-14-27/h9-10,17,22-27,29-32,34-35,41-42H,8,11-16,18-21H2,1-7H3/t22-,23-,24?,25?,29+,30+,31+,32-,34-/m0/s1. The lowest BCUT2D eigenvalue weighted by Gasteiger charge is -2.44. The molecular formula is C38H60N2O5. The van der Waals surface area contributed by atoms with Crippen molar-refractivity contribution in [2.75, 3.05) is 6.54 Å². The predicted octanol–water partition coefficient (Wildman–Crippen LogP) is 6.72. The monoisotopic (exact) mass is 624 g/mol. The second kappa shape index (κ2) is 14.0. The van der Waals surface area contributed by atoms with Gasteiger partial charge in [0, 0.05) is 24.4 Å². The maximum Gasteiger partial charge on any atom is 0.311 e. The second-order valence-electron chi connectivity index (χ2n) is 16.2. The molecule has 4 aliphatic carbocycles. The number of hydrogen-bond donors (Lipinski definition) is 2. The van der Waals surface area contributed by atoms with Crippen molar-refractivity contribution in [2.24, 2.45) is 57.8 Å². The van der Waals surface area contributed by atoms with Crippen molar-refractivity contribution < 1.29 is 24.5 Å². The van der Waals surface area contributed by atoms with Crippen molar-refractivity contribution in [1.29, 1.82) is 0 Å². The van der Waals surface area contributed by atoms with E-state index in [1.165, 1.54) is 31.3 Å². The van der Waals surface area contributed by atoms with Crippen LogP contribution in [-0.4, -0.2) is 63.7 Å². The molecule has 0 aromatic carbocycles. The van der Waals surface area contributed by atoms with Crippen molar-refractivity contribution in [2.45, 2.75) is 137 Å². The number of aliphatic imine (C=N–C) groups is 1. The van der Waals surface area contributed by atoms with Gasteiger partial charge in [-0.25, -0.2) is 0 Å². The first-order valence-electron chi connectivity index (χ1n) is 18.1. The highest BCUT2D eigenvalue weighted by Gasteiger charge is 2.49. The first kappa shape index (κ1) is 34.3. The van der Waals surface area contributed by atoms with Crippen LogP contribution < -0.4 is 0 Å². The molecule has 1 heterocycles. The summed E-state index contributed by atoms with van der Waals surface area (Å²) in [4.78, 5) is 33.9. The summed E-state index contributed by atoms with van der Waals surface area (Å²) in [5.74, 6) is 3.46. The summed E-state index contributed by atoms with van der Waals surface area (Å²) >= 11 is 0. The third-order valence-corrected chi connectivity index (χ3v) is 11.9. The molecule has 5 aliphatic rings. The number of ether oxygens (including phenoxy) is 1. The van der Waals surface area contributed by atoms with Gasteiger partial charge in [-0.2, -0.15) is 0 Å². The molecule has 0 aromatic heterocycles. The average Bonchev–Trinajstić information content (AvgIpc) is 3.91. The smallest absolute Gasteiger partial charge is 0.311 e. The summed E-state index contributed by atoms with van der Waals surface area (Å²) in [5, 5.41) is 22.3. The molecule has 2 fully saturated rings. The number of rotatable bonds is 13. The molecule has 0 aromatic rings. The van der Waals surface area contributed by atoms with Crippen LogP contribution in [0, 0.1) is 52.8 Å². The van der Waals surface area contributed by atoms with Gasteiger partial charge in [0.05, 0.1) is 24.0 Å². The van der Waals surface area contributed by atoms with Crippen LogP contribution in [0.3, 0.4) is 0 Å². The van der Waals surface area contributed by atoms with Gasteiger partial charge in [-0.05, 0) is 113 Å². The van der Waals surface area contributed by atoms with Crippen LogP contribution in [0.5, 0.6) is 0 Å². The Morgan fingerprint density at radius 3 is 2.31 bits per heavy atom. The number of amidine groups is 1. The fourth-order valence-corrected chi connectivity index (χ4v) is 8.08. The summed E-state index contributed by atoms with van der Waals surface area (Å²) in [6.07, 6.45) is 12.7. The third-order valence-electron chi connectivity index (χ3n) is 11.9. The minimum atomic E-state index is -0.900. The van der Waals surface area contributed by atoms with E-state index in [4.69, 9.17) is 9.73 Å². The van der Waals surface area contributed by atoms with E-state index in [9.17, 15) is 19.8 Å². The zero-order valence-corrected chi connectivity index (χ0v) is 29.0. The zero-order valence-electron chi connectivity index (χ0n) is 29.0. The molecule has 9 atom stereocenters. The zero-order chi connectivity index (χ0) is 32.6. The molecule has 7 nitrogen and oxygen atoms in total. The summed E-state index contributed by atoms with van der Waals surface area (Å²) in [5.41, 5.74) is 0.719. The Morgan fingerprint density at radius 1 is 1.07 bits per heavy atom. The normalized spacial score (nSPS) is 32.9. The van der Waals surface area contributed by atoms with Crippen LogP contribution >= 0.6 is 0 Å². The number of aliphatic hydroxyl groups excluding tert-OH is 2. The molecule has 45 heavy (non-hydrogen) atoms. The topological polar surface area (TPSA) is 99.4 Å². The Kier molecular flexibility index (Phi) is 10.7. The van der Waals surface area contributed by atoms with Crippen molar-refractivity contribution in [1.82, 2.24) is 4.90 Å². The van der Waals surface area contributed by atoms with Crippen LogP contribution in [0.2, 0.25) is 0 Å². The summed E-state index contributed by atoms with van der Waals surface area (Å²) in [6, 6.07) is 0.215. The second-order valence-corrected chi connectivity index (χ2v) is 16.2. The molecule has 1 amide bonds. The van der Waals surface area contributed by atoms with Gasteiger partial charge in [0.25, 0.3) is 0 Å². The van der Waals surface area contributed by atoms with E-state index in [-0.39, 0.29) is 60.5 Å². The Bertz CT molecular complexity index is 1150. The molecular weight excluding hydrogens is 564 g/mol. The van der Waals surface area contributed by atoms with Crippen LogP contribution in [-0.2, 0) is 14.3 Å². The van der Waals surface area contributed by atoms with E-state index >= 15 is 0 Å². The highest BCUT2D eigenvalue weighted by atomic mass is 16.5. The summed E-state index contributed by atoms with van der Waals surface area (Å²) < 4.78 is 6.25. The Balaban J connectivity index is 1.21. The first-order valence-corrected chi connectivity index (χ1v) is 18.1. The predicted molar refractivity (Wildman–Crippen MR) is 178 cm³/mol. The van der Waals surface area contributed by atoms with Crippen LogP contribution in [0.4, 0.5) is 0 Å². The van der Waals surface area contributed by atoms with Gasteiger partial charge in [-0.15, -0.1) is 0 Å². The maximum atomic E-state index is 13.9. The number of carbonyl (C=O) groups is 2. The van der Waals surface area contributed by atoms with E-state index in [2.05, 4.69) is 45.9 Å². The van der Waals surface area contributed by atoms with Gasteiger partial charge in [0.15, 0.2) is 0 Å². The Hall–Kier alpha value is -1.99. The molecule has 2 saturated carbocycles. The molecule has 2 N–H and O–H groups in total. The fraction of sp³-hybridized carbons (Fsp3) is 0.816. The summed E-state index contributed by atoms with van der Waals surface area (Å²) in [7, 11) is 0. The van der Waals surface area contributed by atoms with Gasteiger partial charge in [-0.1, -0.05) is 52.8 Å². The SMILES string of the molecule is CCC(C)(C)C(=O)O[C@H]1C[C@@H](C)C=C2C=C[C@H](C)[C@@H](CC[C@@H](O)C[C@@H](O)CC(=O)N(C3=NCC(C)C3C)C(C3CC3)C3CC3)[C@H]21. The van der Waals surface area contributed by atoms with Crippen molar-refractivity contribution in [3.05, 3.63) is 23.8 Å². The number of hydrogen-bond acceptors (Lipinski definition) is 6. The van der Waals surface area contributed by atoms with E-state index in [1.807, 2.05) is 25.7 Å². The molecule has 0 bridgehead atoms. The minimum absolute atomic E-state index is 0.0222.